The van der Waals surface area contributed by atoms with E-state index in [1.807, 2.05) is 0 Å². The topological polar surface area (TPSA) is 86.5 Å². The fourth-order valence-electron chi connectivity index (χ4n) is 1.59. The molecule has 0 aromatic heterocycles. The molecule has 1 rings (SSSR count). The van der Waals surface area contributed by atoms with Crippen LogP contribution < -0.4 is 0 Å². The van der Waals surface area contributed by atoms with Gasteiger partial charge >= 0.3 is 5.70 Å². The number of rotatable bonds is 3. The zero-order chi connectivity index (χ0) is 13.4. The maximum atomic E-state index is 11.5. The van der Waals surface area contributed by atoms with Crippen molar-refractivity contribution in [2.75, 3.05) is 7.11 Å². The van der Waals surface area contributed by atoms with Gasteiger partial charge in [0.05, 0.1) is 12.0 Å². The molecule has 96 valence electrons. The van der Waals surface area contributed by atoms with Gasteiger partial charge in [0, 0.05) is 28.2 Å². The summed E-state index contributed by atoms with van der Waals surface area (Å²) < 4.78 is 26.2. The smallest absolute Gasteiger partial charge is 0.309 e. The zero-order valence-corrected chi connectivity index (χ0v) is 11.3. The third-order valence-electron chi connectivity index (χ3n) is 2.45. The third kappa shape index (κ3) is 2.41. The molecule has 0 fully saturated rings. The number of halogens is 2. The molecule has 17 heavy (non-hydrogen) atoms. The predicted molar refractivity (Wildman–Crippen MR) is 62.8 cm³/mol. The zero-order valence-electron chi connectivity index (χ0n) is 8.94. The molecule has 0 spiro atoms. The summed E-state index contributed by atoms with van der Waals surface area (Å²) in [5.41, 5.74) is -0.504. The van der Waals surface area contributed by atoms with Crippen molar-refractivity contribution in [3.8, 4) is 0 Å². The van der Waals surface area contributed by atoms with Gasteiger partial charge in [-0.2, -0.15) is 0 Å². The highest BCUT2D eigenvalue weighted by molar-refractivity contribution is 8.15. The second-order valence-electron chi connectivity index (χ2n) is 3.61. The van der Waals surface area contributed by atoms with Crippen molar-refractivity contribution < 1.29 is 18.1 Å². The van der Waals surface area contributed by atoms with E-state index < -0.39 is 24.4 Å². The van der Waals surface area contributed by atoms with Crippen molar-refractivity contribution in [1.82, 2.24) is 0 Å². The van der Waals surface area contributed by atoms with Crippen molar-refractivity contribution in [3.63, 3.8) is 0 Å². The highest BCUT2D eigenvalue weighted by Crippen LogP contribution is 2.42. The first kappa shape index (κ1) is 14.3. The average molecular weight is 302 g/mol. The Kier molecular flexibility index (Phi) is 3.75. The monoisotopic (exact) mass is 301 g/mol. The number of nitro groups is 1. The second kappa shape index (κ2) is 4.47. The van der Waals surface area contributed by atoms with Crippen LogP contribution in [0.1, 0.15) is 13.3 Å². The Morgan fingerprint density at radius 3 is 2.47 bits per heavy atom. The number of allylic oxidation sites excluding steroid dienone is 2. The molecule has 0 radical (unpaired) electrons. The van der Waals surface area contributed by atoms with Crippen LogP contribution in [0.2, 0.25) is 0 Å². The molecule has 1 unspecified atom stereocenters. The van der Waals surface area contributed by atoms with E-state index in [0.29, 0.717) is 0 Å². The minimum absolute atomic E-state index is 0.0317. The summed E-state index contributed by atoms with van der Waals surface area (Å²) in [6.07, 6.45) is 0.894. The van der Waals surface area contributed by atoms with Crippen molar-refractivity contribution in [1.29, 1.82) is 0 Å². The highest BCUT2D eigenvalue weighted by Gasteiger charge is 2.50. The lowest BCUT2D eigenvalue weighted by atomic mass is 9.97. The summed E-state index contributed by atoms with van der Waals surface area (Å²) in [7, 11) is 2.33. The van der Waals surface area contributed by atoms with E-state index in [4.69, 9.17) is 27.0 Å². The summed E-state index contributed by atoms with van der Waals surface area (Å²) >= 11 is 5.71. The highest BCUT2D eigenvalue weighted by atomic mass is 35.7. The molecule has 9 heteroatoms. The molecule has 0 heterocycles. The minimum atomic E-state index is -4.13. The van der Waals surface area contributed by atoms with E-state index in [0.717, 1.165) is 13.2 Å². The van der Waals surface area contributed by atoms with Crippen LogP contribution >= 0.6 is 22.3 Å². The second-order valence-corrected chi connectivity index (χ2v) is 7.09. The maximum Gasteiger partial charge on any atom is 0.309 e. The predicted octanol–water partition coefficient (Wildman–Crippen LogP) is 1.97. The molecule has 6 nitrogen and oxygen atoms in total. The van der Waals surface area contributed by atoms with Crippen molar-refractivity contribution >= 4 is 31.3 Å². The van der Waals surface area contributed by atoms with Gasteiger partial charge in [0.25, 0.3) is 0 Å². The molecule has 0 amide bonds. The fourth-order valence-corrected chi connectivity index (χ4v) is 3.15. The molecule has 0 saturated heterocycles. The van der Waals surface area contributed by atoms with Gasteiger partial charge in [-0.25, -0.2) is 8.42 Å². The van der Waals surface area contributed by atoms with Gasteiger partial charge in [0.2, 0.25) is 9.05 Å². The molecule has 1 aliphatic rings. The Labute approximate surface area is 107 Å². The number of ether oxygens (including phenoxy) is 1. The maximum absolute atomic E-state index is 11.5. The molecule has 0 bridgehead atoms. The standard InChI is InChI=1S/C8H9Cl2NO5S/c1-8(17(10,14)15)4-5(9)3-6(11(12)13)7(8)16-2/h3H,4H2,1-2H3. The molecule has 1 aliphatic carbocycles. The van der Waals surface area contributed by atoms with Crippen LogP contribution in [0.5, 0.6) is 0 Å². The Bertz CT molecular complexity index is 524. The molecule has 0 aromatic rings. The lowest BCUT2D eigenvalue weighted by Gasteiger charge is -2.29. The van der Waals surface area contributed by atoms with E-state index in [-0.39, 0.29) is 17.2 Å². The first-order valence-corrected chi connectivity index (χ1v) is 7.05. The van der Waals surface area contributed by atoms with Crippen LogP contribution in [0.3, 0.4) is 0 Å². The van der Waals surface area contributed by atoms with Gasteiger partial charge < -0.3 is 4.74 Å². The van der Waals surface area contributed by atoms with E-state index in [9.17, 15) is 18.5 Å². The fraction of sp³-hybridized carbons (Fsp3) is 0.500. The lowest BCUT2D eigenvalue weighted by molar-refractivity contribution is -0.422. The Morgan fingerprint density at radius 2 is 2.12 bits per heavy atom. The summed E-state index contributed by atoms with van der Waals surface area (Å²) in [5.74, 6) is -0.318. The molecule has 0 N–H and O–H groups in total. The molecular formula is C8H9Cl2NO5S. The van der Waals surface area contributed by atoms with Crippen molar-refractivity contribution in [2.45, 2.75) is 18.1 Å². The number of methoxy groups -OCH3 is 1. The van der Waals surface area contributed by atoms with Crippen LogP contribution in [0.25, 0.3) is 0 Å². The van der Waals surface area contributed by atoms with Crippen molar-refractivity contribution in [2.24, 2.45) is 0 Å². The van der Waals surface area contributed by atoms with Crippen LogP contribution in [-0.4, -0.2) is 25.2 Å². The summed E-state index contributed by atoms with van der Waals surface area (Å²) in [5, 5.41) is 10.8. The molecule has 0 aliphatic heterocycles. The largest absolute Gasteiger partial charge is 0.493 e. The van der Waals surface area contributed by atoms with E-state index in [1.54, 1.807) is 0 Å². The Morgan fingerprint density at radius 1 is 1.59 bits per heavy atom. The van der Waals surface area contributed by atoms with Gasteiger partial charge in [0.1, 0.15) is 0 Å². The minimum Gasteiger partial charge on any atom is -0.493 e. The summed E-state index contributed by atoms with van der Waals surface area (Å²) in [6, 6.07) is 0. The quantitative estimate of drug-likeness (QED) is 0.452. The number of nitrogens with zero attached hydrogens (tertiary/aromatic N) is 1. The molecule has 0 saturated carbocycles. The van der Waals surface area contributed by atoms with Crippen LogP contribution in [0, 0.1) is 10.1 Å². The van der Waals surface area contributed by atoms with E-state index >= 15 is 0 Å². The Hall–Kier alpha value is -0.790. The van der Waals surface area contributed by atoms with Gasteiger partial charge in [-0.05, 0) is 6.92 Å². The van der Waals surface area contributed by atoms with Gasteiger partial charge in [0.15, 0.2) is 10.5 Å². The molecular weight excluding hydrogens is 293 g/mol. The SMILES string of the molecule is COC1=C([N+](=O)[O-])C=C(Cl)CC1(C)S(=O)(=O)Cl. The van der Waals surface area contributed by atoms with Crippen LogP contribution in [0.4, 0.5) is 0 Å². The van der Waals surface area contributed by atoms with E-state index in [2.05, 4.69) is 0 Å². The van der Waals surface area contributed by atoms with Gasteiger partial charge in [-0.3, -0.25) is 10.1 Å². The van der Waals surface area contributed by atoms with Crippen LogP contribution in [-0.2, 0) is 13.8 Å². The third-order valence-corrected chi connectivity index (χ3v) is 5.12. The summed E-state index contributed by atoms with van der Waals surface area (Å²) in [4.78, 5) is 10.0. The average Bonchev–Trinajstić information content (AvgIpc) is 2.14. The first-order valence-electron chi connectivity index (χ1n) is 4.37. The number of hydrogen-bond acceptors (Lipinski definition) is 5. The van der Waals surface area contributed by atoms with Crippen LogP contribution in [0.15, 0.2) is 22.6 Å². The lowest BCUT2D eigenvalue weighted by Crippen LogP contribution is -2.38. The summed E-state index contributed by atoms with van der Waals surface area (Å²) in [6.45, 7) is 1.23. The number of hydrogen-bond donors (Lipinski definition) is 0. The van der Waals surface area contributed by atoms with Crippen molar-refractivity contribution in [3.05, 3.63) is 32.7 Å². The Balaban J connectivity index is 3.58. The normalized spacial score (nSPS) is 25.5. The van der Waals surface area contributed by atoms with Gasteiger partial charge in [-0.15, -0.1) is 0 Å². The first-order chi connectivity index (χ1) is 7.63. The van der Waals surface area contributed by atoms with E-state index in [1.165, 1.54) is 6.92 Å². The molecule has 0 aromatic carbocycles. The van der Waals surface area contributed by atoms with Gasteiger partial charge in [-0.1, -0.05) is 11.6 Å². The molecule has 1 atom stereocenters.